The zero-order chi connectivity index (χ0) is 22.0. The monoisotopic (exact) mass is 439 g/mol. The molecule has 0 unspecified atom stereocenters. The summed E-state index contributed by atoms with van der Waals surface area (Å²) in [5.74, 6) is 0. The van der Waals surface area contributed by atoms with Crippen molar-refractivity contribution in [3.63, 3.8) is 0 Å². The normalized spacial score (nSPS) is 11.5. The minimum atomic E-state index is -3.89. The molecule has 0 amide bonds. The van der Waals surface area contributed by atoms with Crippen molar-refractivity contribution in [1.29, 1.82) is 0 Å². The van der Waals surface area contributed by atoms with Crippen LogP contribution in [0.25, 0.3) is 22.0 Å². The van der Waals surface area contributed by atoms with E-state index in [9.17, 15) is 8.42 Å². The summed E-state index contributed by atoms with van der Waals surface area (Å²) in [6, 6.07) is 32.5. The van der Waals surface area contributed by atoms with Gasteiger partial charge in [0.05, 0.1) is 12.2 Å². The van der Waals surface area contributed by atoms with Crippen molar-refractivity contribution in [2.75, 3.05) is 4.72 Å². The van der Waals surface area contributed by atoms with Gasteiger partial charge in [-0.05, 0) is 17.0 Å². The quantitative estimate of drug-likeness (QED) is 0.377. The summed E-state index contributed by atoms with van der Waals surface area (Å²) in [6.45, 7) is 0.477. The fourth-order valence-electron chi connectivity index (χ4n) is 3.76. The van der Waals surface area contributed by atoms with Crippen LogP contribution in [0.5, 0.6) is 0 Å². The second-order valence-electron chi connectivity index (χ2n) is 7.52. The van der Waals surface area contributed by atoms with Gasteiger partial charge in [-0.25, -0.2) is 8.42 Å². The van der Waals surface area contributed by atoms with Crippen LogP contribution in [0, 0.1) is 0 Å². The van der Waals surface area contributed by atoms with E-state index in [2.05, 4.69) is 9.82 Å². The lowest BCUT2D eigenvalue weighted by molar-refractivity contribution is 0.601. The third-order valence-electron chi connectivity index (χ3n) is 5.29. The fraction of sp³-hybridized carbons (Fsp3) is 0.0385. The number of sulfonamides is 1. The molecule has 0 aliphatic heterocycles. The largest absolute Gasteiger partial charge is 0.279 e. The Hall–Kier alpha value is -3.90. The van der Waals surface area contributed by atoms with Gasteiger partial charge in [-0.15, -0.1) is 0 Å². The lowest BCUT2D eigenvalue weighted by atomic mass is 10.1. The molecule has 1 aromatic heterocycles. The first-order valence-electron chi connectivity index (χ1n) is 10.3. The Kier molecular flexibility index (Phi) is 5.21. The summed E-state index contributed by atoms with van der Waals surface area (Å²) in [4.78, 5) is 0.146. The smallest absolute Gasteiger partial charge is 0.265 e. The highest BCUT2D eigenvalue weighted by Gasteiger charge is 2.24. The molecule has 32 heavy (non-hydrogen) atoms. The predicted molar refractivity (Wildman–Crippen MR) is 128 cm³/mol. The summed E-state index contributed by atoms with van der Waals surface area (Å²) < 4.78 is 31.5. The van der Waals surface area contributed by atoms with E-state index in [0.717, 1.165) is 21.9 Å². The highest BCUT2D eigenvalue weighted by molar-refractivity contribution is 7.92. The molecule has 158 valence electrons. The average molecular weight is 440 g/mol. The summed E-state index contributed by atoms with van der Waals surface area (Å²) in [5.41, 5.74) is 2.75. The molecule has 0 atom stereocenters. The van der Waals surface area contributed by atoms with E-state index in [1.165, 1.54) is 0 Å². The van der Waals surface area contributed by atoms with Crippen molar-refractivity contribution in [2.45, 2.75) is 11.4 Å². The molecule has 5 aromatic rings. The summed E-state index contributed by atoms with van der Waals surface area (Å²) >= 11 is 0. The van der Waals surface area contributed by atoms with Gasteiger partial charge in [0.25, 0.3) is 10.0 Å². The van der Waals surface area contributed by atoms with Crippen LogP contribution in [0.15, 0.2) is 114 Å². The standard InChI is InChI=1S/C26H21N3O2S/c30-32(31,28-24-17-9-15-21-12-7-8-16-23(21)24)25-19-29(18-20-10-3-1-4-11-20)27-26(25)22-13-5-2-6-14-22/h1-17,19,28H,18H2. The molecule has 0 aliphatic carbocycles. The number of nitrogens with zero attached hydrogens (tertiary/aromatic N) is 2. The first kappa shape index (κ1) is 20.0. The number of rotatable bonds is 6. The Bertz CT molecular complexity index is 1470. The minimum Gasteiger partial charge on any atom is -0.279 e. The molecule has 1 heterocycles. The topological polar surface area (TPSA) is 64.0 Å². The van der Waals surface area contributed by atoms with Crippen LogP contribution < -0.4 is 4.72 Å². The van der Waals surface area contributed by atoms with Gasteiger partial charge < -0.3 is 0 Å². The first-order chi connectivity index (χ1) is 15.6. The second kappa shape index (κ2) is 8.32. The van der Waals surface area contributed by atoms with E-state index in [-0.39, 0.29) is 4.90 Å². The number of hydrogen-bond acceptors (Lipinski definition) is 3. The average Bonchev–Trinajstić information content (AvgIpc) is 3.25. The summed E-state index contributed by atoms with van der Waals surface area (Å²) in [5, 5.41) is 6.46. The molecular formula is C26H21N3O2S. The van der Waals surface area contributed by atoms with Gasteiger partial charge in [0.15, 0.2) is 0 Å². The zero-order valence-corrected chi connectivity index (χ0v) is 18.0. The third kappa shape index (κ3) is 4.00. The van der Waals surface area contributed by atoms with E-state index in [0.29, 0.717) is 17.9 Å². The Morgan fingerprint density at radius 3 is 2.19 bits per heavy atom. The van der Waals surface area contributed by atoms with Crippen LogP contribution in [0.3, 0.4) is 0 Å². The lowest BCUT2D eigenvalue weighted by Gasteiger charge is -2.11. The predicted octanol–water partition coefficient (Wildman–Crippen LogP) is 5.55. The highest BCUT2D eigenvalue weighted by Crippen LogP contribution is 2.30. The Labute approximate surface area is 187 Å². The molecule has 0 radical (unpaired) electrons. The zero-order valence-electron chi connectivity index (χ0n) is 17.2. The van der Waals surface area contributed by atoms with Crippen molar-refractivity contribution < 1.29 is 8.42 Å². The first-order valence-corrected chi connectivity index (χ1v) is 11.8. The van der Waals surface area contributed by atoms with Crippen molar-refractivity contribution in [3.8, 4) is 11.3 Å². The number of fused-ring (bicyclic) bond motifs is 1. The molecule has 0 saturated heterocycles. The van der Waals surface area contributed by atoms with Gasteiger partial charge in [-0.2, -0.15) is 5.10 Å². The number of hydrogen-bond donors (Lipinski definition) is 1. The van der Waals surface area contributed by atoms with E-state index in [4.69, 9.17) is 0 Å². The molecule has 6 heteroatoms. The fourth-order valence-corrected chi connectivity index (χ4v) is 5.01. The third-order valence-corrected chi connectivity index (χ3v) is 6.65. The summed E-state index contributed by atoms with van der Waals surface area (Å²) in [6.07, 6.45) is 1.60. The second-order valence-corrected chi connectivity index (χ2v) is 9.17. The van der Waals surface area contributed by atoms with Crippen LogP contribution in [0.4, 0.5) is 5.69 Å². The maximum absolute atomic E-state index is 13.5. The Morgan fingerprint density at radius 2 is 1.41 bits per heavy atom. The molecule has 5 nitrogen and oxygen atoms in total. The van der Waals surface area contributed by atoms with E-state index < -0.39 is 10.0 Å². The summed E-state index contributed by atoms with van der Waals surface area (Å²) in [7, 11) is -3.89. The van der Waals surface area contributed by atoms with E-state index in [1.807, 2.05) is 97.1 Å². The molecule has 1 N–H and O–H groups in total. The number of benzene rings is 4. The van der Waals surface area contributed by atoms with Gasteiger partial charge in [-0.3, -0.25) is 9.40 Å². The molecule has 0 bridgehead atoms. The van der Waals surface area contributed by atoms with Crippen LogP contribution in [-0.2, 0) is 16.6 Å². The number of nitrogens with one attached hydrogen (secondary N) is 1. The van der Waals surface area contributed by atoms with Gasteiger partial charge in [-0.1, -0.05) is 97.1 Å². The van der Waals surface area contributed by atoms with Gasteiger partial charge >= 0.3 is 0 Å². The molecule has 5 rings (SSSR count). The minimum absolute atomic E-state index is 0.146. The van der Waals surface area contributed by atoms with Crippen molar-refractivity contribution in [3.05, 3.63) is 115 Å². The highest BCUT2D eigenvalue weighted by atomic mass is 32.2. The molecule has 4 aromatic carbocycles. The number of aromatic nitrogens is 2. The number of anilines is 1. The van der Waals surface area contributed by atoms with Crippen LogP contribution >= 0.6 is 0 Å². The van der Waals surface area contributed by atoms with Gasteiger partial charge in [0, 0.05) is 17.1 Å². The lowest BCUT2D eigenvalue weighted by Crippen LogP contribution is -2.13. The Balaban J connectivity index is 1.59. The molecule has 0 fully saturated rings. The van der Waals surface area contributed by atoms with Gasteiger partial charge in [0.1, 0.15) is 10.6 Å². The maximum atomic E-state index is 13.5. The SMILES string of the molecule is O=S(=O)(Nc1cccc2ccccc12)c1cn(Cc2ccccc2)nc1-c1ccccc1. The molecule has 0 aliphatic rings. The van der Waals surface area contributed by atoms with E-state index >= 15 is 0 Å². The van der Waals surface area contributed by atoms with Crippen molar-refractivity contribution in [2.24, 2.45) is 0 Å². The Morgan fingerprint density at radius 1 is 0.750 bits per heavy atom. The van der Waals surface area contributed by atoms with Crippen molar-refractivity contribution in [1.82, 2.24) is 9.78 Å². The van der Waals surface area contributed by atoms with Crippen LogP contribution in [0.2, 0.25) is 0 Å². The molecule has 0 saturated carbocycles. The maximum Gasteiger partial charge on any atom is 0.265 e. The van der Waals surface area contributed by atoms with Crippen LogP contribution in [0.1, 0.15) is 5.56 Å². The van der Waals surface area contributed by atoms with E-state index in [1.54, 1.807) is 16.9 Å². The van der Waals surface area contributed by atoms with Crippen molar-refractivity contribution >= 4 is 26.5 Å². The molecular weight excluding hydrogens is 418 g/mol. The van der Waals surface area contributed by atoms with Crippen LogP contribution in [-0.4, -0.2) is 18.2 Å². The molecule has 0 spiro atoms. The van der Waals surface area contributed by atoms with Gasteiger partial charge in [0.2, 0.25) is 0 Å².